The van der Waals surface area contributed by atoms with Gasteiger partial charge in [0.1, 0.15) is 0 Å². The molecule has 0 N–H and O–H groups in total. The Hall–Kier alpha value is -3.78. The number of hydrazine groups is 1. The number of hydrogen-bond acceptors (Lipinski definition) is 5. The third kappa shape index (κ3) is 3.85. The lowest BCUT2D eigenvalue weighted by Crippen LogP contribution is -2.41. The standard InChI is InChI=1S/C23H23N7O/c1-18-8-9-22(30-24-11-12-25-30)21(16-18)23(31)29-14-5-13-27(29)17-19-10-15-28(26-19)20-6-3-2-4-7-20/h2-4,6-12,15-16H,5,13-14,17H2,1H3. The van der Waals surface area contributed by atoms with Gasteiger partial charge in [0.15, 0.2) is 0 Å². The van der Waals surface area contributed by atoms with Crippen LogP contribution in [0.2, 0.25) is 0 Å². The van der Waals surface area contributed by atoms with Crippen LogP contribution < -0.4 is 0 Å². The summed E-state index contributed by atoms with van der Waals surface area (Å²) in [5.74, 6) is -0.0454. The SMILES string of the molecule is Cc1ccc(-n2nccn2)c(C(=O)N2CCCN2Cc2ccn(-c3ccccc3)n2)c1. The smallest absolute Gasteiger partial charge is 0.270 e. The minimum atomic E-state index is -0.0454. The number of para-hydroxylation sites is 1. The summed E-state index contributed by atoms with van der Waals surface area (Å²) in [7, 11) is 0. The molecule has 3 heterocycles. The number of carbonyl (C=O) groups excluding carboxylic acids is 1. The fraction of sp³-hybridized carbons (Fsp3) is 0.217. The van der Waals surface area contributed by atoms with Crippen LogP contribution in [0.4, 0.5) is 0 Å². The van der Waals surface area contributed by atoms with E-state index in [1.165, 1.54) is 4.80 Å². The average molecular weight is 413 g/mol. The number of hydrogen-bond donors (Lipinski definition) is 0. The summed E-state index contributed by atoms with van der Waals surface area (Å²) in [5.41, 5.74) is 4.23. The Morgan fingerprint density at radius 3 is 2.61 bits per heavy atom. The van der Waals surface area contributed by atoms with Gasteiger partial charge in [0.25, 0.3) is 5.91 Å². The van der Waals surface area contributed by atoms with E-state index >= 15 is 0 Å². The predicted octanol–water partition coefficient (Wildman–Crippen LogP) is 3.02. The largest absolute Gasteiger partial charge is 0.271 e. The van der Waals surface area contributed by atoms with Crippen molar-refractivity contribution in [3.05, 3.63) is 90.0 Å². The predicted molar refractivity (Wildman–Crippen MR) is 116 cm³/mol. The Morgan fingerprint density at radius 2 is 1.81 bits per heavy atom. The molecule has 1 fully saturated rings. The molecule has 31 heavy (non-hydrogen) atoms. The van der Waals surface area contributed by atoms with Gasteiger partial charge in [-0.3, -0.25) is 9.80 Å². The Balaban J connectivity index is 1.38. The van der Waals surface area contributed by atoms with Crippen molar-refractivity contribution in [3.63, 3.8) is 0 Å². The molecule has 156 valence electrons. The van der Waals surface area contributed by atoms with Crippen LogP contribution in [-0.2, 0) is 6.54 Å². The molecular weight excluding hydrogens is 390 g/mol. The van der Waals surface area contributed by atoms with Crippen molar-refractivity contribution in [2.45, 2.75) is 19.9 Å². The van der Waals surface area contributed by atoms with Crippen molar-refractivity contribution in [1.29, 1.82) is 0 Å². The maximum Gasteiger partial charge on any atom is 0.270 e. The van der Waals surface area contributed by atoms with E-state index in [1.54, 1.807) is 12.4 Å². The van der Waals surface area contributed by atoms with Crippen LogP contribution in [-0.4, -0.2) is 53.8 Å². The number of amides is 1. The van der Waals surface area contributed by atoms with Gasteiger partial charge in [-0.25, -0.2) is 9.69 Å². The lowest BCUT2D eigenvalue weighted by Gasteiger charge is -2.28. The van der Waals surface area contributed by atoms with E-state index in [-0.39, 0.29) is 5.91 Å². The zero-order valence-electron chi connectivity index (χ0n) is 17.3. The maximum absolute atomic E-state index is 13.5. The first-order valence-corrected chi connectivity index (χ1v) is 10.3. The highest BCUT2D eigenvalue weighted by molar-refractivity contribution is 5.97. The van der Waals surface area contributed by atoms with Crippen molar-refractivity contribution in [1.82, 2.24) is 34.8 Å². The Morgan fingerprint density at radius 1 is 1.00 bits per heavy atom. The van der Waals surface area contributed by atoms with Gasteiger partial charge in [0.2, 0.25) is 0 Å². The molecule has 1 aliphatic rings. The van der Waals surface area contributed by atoms with Crippen LogP contribution in [0.3, 0.4) is 0 Å². The van der Waals surface area contributed by atoms with Gasteiger partial charge >= 0.3 is 0 Å². The highest BCUT2D eigenvalue weighted by Crippen LogP contribution is 2.22. The molecule has 8 nitrogen and oxygen atoms in total. The summed E-state index contributed by atoms with van der Waals surface area (Å²) >= 11 is 0. The summed E-state index contributed by atoms with van der Waals surface area (Å²) in [6.45, 7) is 4.05. The first kappa shape index (κ1) is 19.2. The molecule has 0 aliphatic carbocycles. The van der Waals surface area contributed by atoms with Crippen LogP contribution in [0.25, 0.3) is 11.4 Å². The molecule has 0 unspecified atom stereocenters. The van der Waals surface area contributed by atoms with Crippen LogP contribution in [0, 0.1) is 6.92 Å². The topological polar surface area (TPSA) is 72.1 Å². The number of nitrogens with zero attached hydrogens (tertiary/aromatic N) is 7. The summed E-state index contributed by atoms with van der Waals surface area (Å²) in [6.07, 6.45) is 6.10. The first-order valence-electron chi connectivity index (χ1n) is 10.3. The van der Waals surface area contributed by atoms with Crippen molar-refractivity contribution in [3.8, 4) is 11.4 Å². The first-order chi connectivity index (χ1) is 15.2. The third-order valence-electron chi connectivity index (χ3n) is 5.39. The Labute approximate surface area is 180 Å². The van der Waals surface area contributed by atoms with Gasteiger partial charge < -0.3 is 0 Å². The minimum absolute atomic E-state index is 0.0454. The molecular formula is C23H23N7O. The number of rotatable bonds is 5. The van der Waals surface area contributed by atoms with Gasteiger partial charge in [0.05, 0.1) is 41.6 Å². The Bertz CT molecular complexity index is 1180. The molecule has 0 saturated carbocycles. The number of carbonyl (C=O) groups is 1. The van der Waals surface area contributed by atoms with E-state index in [0.717, 1.165) is 29.9 Å². The molecule has 2 aromatic carbocycles. The van der Waals surface area contributed by atoms with Crippen molar-refractivity contribution >= 4 is 5.91 Å². The highest BCUT2D eigenvalue weighted by atomic mass is 16.2. The van der Waals surface area contributed by atoms with Gasteiger partial charge in [0, 0.05) is 19.3 Å². The Kier molecular flexibility index (Phi) is 5.05. The van der Waals surface area contributed by atoms with Gasteiger partial charge in [-0.1, -0.05) is 29.8 Å². The molecule has 5 rings (SSSR count). The lowest BCUT2D eigenvalue weighted by atomic mass is 10.1. The van der Waals surface area contributed by atoms with E-state index < -0.39 is 0 Å². The number of aromatic nitrogens is 5. The molecule has 0 radical (unpaired) electrons. The fourth-order valence-corrected chi connectivity index (χ4v) is 3.89. The summed E-state index contributed by atoms with van der Waals surface area (Å²) in [4.78, 5) is 15.0. The molecule has 0 spiro atoms. The van der Waals surface area contributed by atoms with Gasteiger partial charge in [-0.2, -0.15) is 20.1 Å². The zero-order valence-corrected chi connectivity index (χ0v) is 17.3. The quantitative estimate of drug-likeness (QED) is 0.503. The van der Waals surface area contributed by atoms with Crippen molar-refractivity contribution in [2.24, 2.45) is 0 Å². The van der Waals surface area contributed by atoms with Crippen molar-refractivity contribution in [2.75, 3.05) is 13.1 Å². The fourth-order valence-electron chi connectivity index (χ4n) is 3.89. The van der Waals surface area contributed by atoms with Gasteiger partial charge in [-0.05, 0) is 43.7 Å². The molecule has 8 heteroatoms. The monoisotopic (exact) mass is 413 g/mol. The lowest BCUT2D eigenvalue weighted by molar-refractivity contribution is 0.0164. The number of aryl methyl sites for hydroxylation is 1. The minimum Gasteiger partial charge on any atom is -0.271 e. The third-order valence-corrected chi connectivity index (χ3v) is 5.39. The average Bonchev–Trinajstić information content (AvgIpc) is 3.56. The summed E-state index contributed by atoms with van der Waals surface area (Å²) in [5, 5.41) is 17.0. The van der Waals surface area contributed by atoms with E-state index in [4.69, 9.17) is 5.10 Å². The number of benzene rings is 2. The normalized spacial score (nSPS) is 14.3. The van der Waals surface area contributed by atoms with Crippen LogP contribution in [0.1, 0.15) is 28.0 Å². The molecule has 2 aromatic heterocycles. The maximum atomic E-state index is 13.5. The molecule has 4 aromatic rings. The molecule has 1 amide bonds. The second kappa shape index (κ2) is 8.16. The van der Waals surface area contributed by atoms with Crippen LogP contribution >= 0.6 is 0 Å². The molecule has 0 bridgehead atoms. The van der Waals surface area contributed by atoms with E-state index in [2.05, 4.69) is 15.2 Å². The van der Waals surface area contributed by atoms with Crippen LogP contribution in [0.15, 0.2) is 73.2 Å². The zero-order chi connectivity index (χ0) is 21.2. The highest BCUT2D eigenvalue weighted by Gasteiger charge is 2.30. The van der Waals surface area contributed by atoms with Crippen LogP contribution in [0.5, 0.6) is 0 Å². The molecule has 1 aliphatic heterocycles. The van der Waals surface area contributed by atoms with E-state index in [9.17, 15) is 4.79 Å². The van der Waals surface area contributed by atoms with Gasteiger partial charge in [-0.15, -0.1) is 0 Å². The van der Waals surface area contributed by atoms with E-state index in [0.29, 0.717) is 24.3 Å². The molecule has 0 atom stereocenters. The second-order valence-corrected chi connectivity index (χ2v) is 7.60. The molecule has 1 saturated heterocycles. The van der Waals surface area contributed by atoms with Crippen molar-refractivity contribution < 1.29 is 4.79 Å². The second-order valence-electron chi connectivity index (χ2n) is 7.60. The summed E-state index contributed by atoms with van der Waals surface area (Å²) in [6, 6.07) is 17.8. The van der Waals surface area contributed by atoms with E-state index in [1.807, 2.05) is 77.4 Å². The summed E-state index contributed by atoms with van der Waals surface area (Å²) < 4.78 is 1.86.